The molecule has 1 aromatic carbocycles. The van der Waals surface area contributed by atoms with Crippen LogP contribution in [0.3, 0.4) is 0 Å². The third-order valence-electron chi connectivity index (χ3n) is 7.24. The molecule has 2 aromatic rings. The van der Waals surface area contributed by atoms with Crippen molar-refractivity contribution in [1.82, 2.24) is 24.7 Å². The number of hydrogen-bond acceptors (Lipinski definition) is 6. The number of hydrogen-bond donors (Lipinski definition) is 3. The number of nitrogens with two attached hydrogens (primary N) is 1. The molecule has 2 atom stereocenters. The number of halogens is 1. The van der Waals surface area contributed by atoms with E-state index in [4.69, 9.17) is 5.73 Å². The Morgan fingerprint density at radius 3 is 2.82 bits per heavy atom. The number of nitrogens with one attached hydrogen (secondary N) is 2. The zero-order chi connectivity index (χ0) is 23.0. The molecule has 2 saturated heterocycles. The van der Waals surface area contributed by atoms with Gasteiger partial charge in [0.05, 0.1) is 5.69 Å². The molecule has 1 aliphatic carbocycles. The third kappa shape index (κ3) is 4.50. The van der Waals surface area contributed by atoms with Crippen molar-refractivity contribution >= 4 is 11.8 Å². The molecule has 2 aliphatic heterocycles. The normalized spacial score (nSPS) is 24.5. The molecule has 0 spiro atoms. The van der Waals surface area contributed by atoms with Gasteiger partial charge in [0, 0.05) is 52.0 Å². The summed E-state index contributed by atoms with van der Waals surface area (Å²) in [6.45, 7) is 6.26. The van der Waals surface area contributed by atoms with Gasteiger partial charge in [0.25, 0.3) is 0 Å². The van der Waals surface area contributed by atoms with Crippen molar-refractivity contribution in [3.05, 3.63) is 52.3 Å². The molecule has 0 radical (unpaired) electrons. The summed E-state index contributed by atoms with van der Waals surface area (Å²) in [5, 5.41) is 5.83. The van der Waals surface area contributed by atoms with Crippen LogP contribution in [0, 0.1) is 17.2 Å². The van der Waals surface area contributed by atoms with Crippen LogP contribution in [-0.4, -0.2) is 77.7 Å². The molecule has 33 heavy (non-hydrogen) atoms. The largest absolute Gasteiger partial charge is 0.354 e. The predicted octanol–water partition coefficient (Wildman–Crippen LogP) is 0.632. The molecular formula is C23H30FN7O2. The molecule has 1 aromatic heterocycles. The van der Waals surface area contributed by atoms with E-state index >= 15 is 0 Å². The van der Waals surface area contributed by atoms with Crippen LogP contribution in [0.5, 0.6) is 0 Å². The number of urea groups is 1. The number of likely N-dealkylation sites (tertiary alicyclic amines) is 1. The average Bonchev–Trinajstić information content (AvgIpc) is 3.39. The summed E-state index contributed by atoms with van der Waals surface area (Å²) in [7, 11) is 0. The fourth-order valence-electron chi connectivity index (χ4n) is 5.08. The van der Waals surface area contributed by atoms with E-state index in [1.165, 1.54) is 23.3 Å². The monoisotopic (exact) mass is 455 g/mol. The zero-order valence-electron chi connectivity index (χ0n) is 18.6. The average molecular weight is 456 g/mol. The Balaban J connectivity index is 1.21. The fourth-order valence-corrected chi connectivity index (χ4v) is 5.08. The minimum atomic E-state index is -0.580. The van der Waals surface area contributed by atoms with Gasteiger partial charge in [-0.1, -0.05) is 6.07 Å². The molecule has 3 heterocycles. The zero-order valence-corrected chi connectivity index (χ0v) is 18.6. The predicted molar refractivity (Wildman–Crippen MR) is 123 cm³/mol. The minimum Gasteiger partial charge on any atom is -0.330 e. The molecule has 3 fully saturated rings. The Morgan fingerprint density at radius 2 is 2.12 bits per heavy atom. The van der Waals surface area contributed by atoms with E-state index < -0.39 is 5.69 Å². The Kier molecular flexibility index (Phi) is 5.90. The molecule has 10 heteroatoms. The summed E-state index contributed by atoms with van der Waals surface area (Å²) in [6, 6.07) is 6.07. The number of piperazine rings is 1. The van der Waals surface area contributed by atoms with Crippen LogP contribution in [0.15, 0.2) is 35.3 Å². The maximum atomic E-state index is 14.8. The molecule has 176 valence electrons. The summed E-state index contributed by atoms with van der Waals surface area (Å²) in [5.74, 6) is 0.544. The Labute approximate surface area is 191 Å². The Hall–Kier alpha value is -2.82. The number of fused-ring (bicyclic) bond motifs is 1. The smallest absolute Gasteiger partial charge is 0.330 e. The second kappa shape index (κ2) is 8.85. The number of rotatable bonds is 6. The van der Waals surface area contributed by atoms with Crippen LogP contribution >= 0.6 is 0 Å². The van der Waals surface area contributed by atoms with Crippen LogP contribution in [0.1, 0.15) is 12.0 Å². The lowest BCUT2D eigenvalue weighted by Gasteiger charge is -2.27. The lowest BCUT2D eigenvalue weighted by Crippen LogP contribution is -2.48. The van der Waals surface area contributed by atoms with Crippen molar-refractivity contribution in [3.8, 4) is 5.69 Å². The molecular weight excluding hydrogens is 425 g/mol. The standard InChI is InChI=1S/C23H30FN7O2/c24-19-11-18(2-1-16(19)3-7-29-13-17-12-23(17,14-25)15-29)31-8-4-20(28-22(31)33)27-21(32)30-9-5-26-6-10-30/h1-2,4,8,11,17,26H,3,5-7,9-10,12-15,25H2,(H,27,28,32,33). The van der Waals surface area contributed by atoms with Crippen molar-refractivity contribution in [2.45, 2.75) is 12.8 Å². The first-order valence-electron chi connectivity index (χ1n) is 11.5. The lowest BCUT2D eigenvalue weighted by atomic mass is 10.1. The number of anilines is 1. The first kappa shape index (κ1) is 22.0. The van der Waals surface area contributed by atoms with E-state index in [9.17, 15) is 14.0 Å². The van der Waals surface area contributed by atoms with E-state index in [1.54, 1.807) is 23.1 Å². The molecule has 5 rings (SSSR count). The molecule has 3 aliphatic rings. The van der Waals surface area contributed by atoms with E-state index in [0.717, 1.165) is 39.3 Å². The van der Waals surface area contributed by atoms with Gasteiger partial charge in [-0.3, -0.25) is 9.88 Å². The highest BCUT2D eigenvalue weighted by molar-refractivity contribution is 5.88. The first-order valence-corrected chi connectivity index (χ1v) is 11.5. The van der Waals surface area contributed by atoms with Crippen molar-refractivity contribution < 1.29 is 9.18 Å². The van der Waals surface area contributed by atoms with Crippen molar-refractivity contribution in [3.63, 3.8) is 0 Å². The number of nitrogens with zero attached hydrogens (tertiary/aromatic N) is 4. The van der Waals surface area contributed by atoms with Gasteiger partial charge in [-0.25, -0.2) is 14.0 Å². The summed E-state index contributed by atoms with van der Waals surface area (Å²) in [6.07, 6.45) is 3.34. The van der Waals surface area contributed by atoms with Crippen LogP contribution in [-0.2, 0) is 6.42 Å². The summed E-state index contributed by atoms with van der Waals surface area (Å²) in [5.41, 5.74) is 6.67. The highest BCUT2D eigenvalue weighted by atomic mass is 19.1. The highest BCUT2D eigenvalue weighted by Crippen LogP contribution is 2.56. The molecule has 4 N–H and O–H groups in total. The minimum absolute atomic E-state index is 0.177. The van der Waals surface area contributed by atoms with Gasteiger partial charge in [0.15, 0.2) is 0 Å². The van der Waals surface area contributed by atoms with Crippen LogP contribution in [0.4, 0.5) is 15.0 Å². The quantitative estimate of drug-likeness (QED) is 0.590. The van der Waals surface area contributed by atoms with Gasteiger partial charge in [-0.2, -0.15) is 4.98 Å². The van der Waals surface area contributed by atoms with Crippen molar-refractivity contribution in [1.29, 1.82) is 0 Å². The van der Waals surface area contributed by atoms with E-state index in [0.29, 0.717) is 42.1 Å². The third-order valence-corrected chi connectivity index (χ3v) is 7.24. The second-order valence-corrected chi connectivity index (χ2v) is 9.36. The van der Waals surface area contributed by atoms with Gasteiger partial charge in [-0.05, 0) is 54.5 Å². The lowest BCUT2D eigenvalue weighted by molar-refractivity contribution is 0.204. The number of piperidine rings is 1. The number of carbonyl (C=O) groups excluding carboxylic acids is 1. The van der Waals surface area contributed by atoms with Crippen molar-refractivity contribution in [2.75, 3.05) is 57.7 Å². The van der Waals surface area contributed by atoms with Crippen LogP contribution in [0.2, 0.25) is 0 Å². The summed E-state index contributed by atoms with van der Waals surface area (Å²) >= 11 is 0. The fraction of sp³-hybridized carbons (Fsp3) is 0.522. The summed E-state index contributed by atoms with van der Waals surface area (Å²) in [4.78, 5) is 32.8. The summed E-state index contributed by atoms with van der Waals surface area (Å²) < 4.78 is 16.1. The number of aromatic nitrogens is 2. The first-order chi connectivity index (χ1) is 16.0. The van der Waals surface area contributed by atoms with Crippen LogP contribution in [0.25, 0.3) is 5.69 Å². The number of carbonyl (C=O) groups is 1. The topological polar surface area (TPSA) is 109 Å². The van der Waals surface area contributed by atoms with Gasteiger partial charge in [0.1, 0.15) is 11.6 Å². The van der Waals surface area contributed by atoms with E-state index in [-0.39, 0.29) is 17.7 Å². The number of amides is 2. The van der Waals surface area contributed by atoms with E-state index in [2.05, 4.69) is 20.5 Å². The van der Waals surface area contributed by atoms with Crippen LogP contribution < -0.4 is 22.1 Å². The van der Waals surface area contributed by atoms with Gasteiger partial charge < -0.3 is 20.9 Å². The second-order valence-electron chi connectivity index (χ2n) is 9.36. The SMILES string of the molecule is NCC12CC1CN(CCc1ccc(-n3ccc(NC(=O)N4CCNCC4)nc3=O)cc1F)C2. The molecule has 9 nitrogen and oxygen atoms in total. The molecule has 2 amide bonds. The molecule has 2 unspecified atom stereocenters. The maximum Gasteiger partial charge on any atom is 0.354 e. The molecule has 1 saturated carbocycles. The van der Waals surface area contributed by atoms with E-state index in [1.807, 2.05) is 0 Å². The highest BCUT2D eigenvalue weighted by Gasteiger charge is 2.58. The van der Waals surface area contributed by atoms with Gasteiger partial charge >= 0.3 is 11.7 Å². The number of benzene rings is 1. The van der Waals surface area contributed by atoms with Gasteiger partial charge in [0.2, 0.25) is 0 Å². The Bertz CT molecular complexity index is 1100. The molecule has 0 bridgehead atoms. The van der Waals surface area contributed by atoms with Gasteiger partial charge in [-0.15, -0.1) is 0 Å². The maximum absolute atomic E-state index is 14.8. The van der Waals surface area contributed by atoms with Crippen molar-refractivity contribution in [2.24, 2.45) is 17.1 Å². The Morgan fingerprint density at radius 1 is 1.30 bits per heavy atom.